The molecule has 2 atom stereocenters. The number of carbonyl (C=O) groups is 1. The lowest BCUT2D eigenvalue weighted by Crippen LogP contribution is -2.41. The zero-order valence-electron chi connectivity index (χ0n) is 13.5. The number of aliphatic hydroxyl groups is 2. The Morgan fingerprint density at radius 2 is 1.79 bits per heavy atom. The van der Waals surface area contributed by atoms with E-state index in [1.807, 2.05) is 6.92 Å². The first-order valence-corrected chi connectivity index (χ1v) is 7.73. The largest absolute Gasteiger partial charge is 0.494 e. The van der Waals surface area contributed by atoms with Gasteiger partial charge < -0.3 is 26.0 Å². The summed E-state index contributed by atoms with van der Waals surface area (Å²) < 4.78 is 5.33. The highest BCUT2D eigenvalue weighted by atomic mass is 16.5. The van der Waals surface area contributed by atoms with Crippen molar-refractivity contribution in [2.24, 2.45) is 0 Å². The first-order chi connectivity index (χ1) is 11.5. The maximum atomic E-state index is 12.3. The predicted molar refractivity (Wildman–Crippen MR) is 91.8 cm³/mol. The molecule has 2 aromatic carbocycles. The van der Waals surface area contributed by atoms with Crippen LogP contribution in [0.1, 0.15) is 28.9 Å². The Bertz CT molecular complexity index is 656. The zero-order chi connectivity index (χ0) is 17.5. The second-order valence-electron chi connectivity index (χ2n) is 5.33. The molecular weight excluding hydrogens is 308 g/mol. The minimum atomic E-state index is -1.04. The van der Waals surface area contributed by atoms with E-state index < -0.39 is 18.8 Å². The lowest BCUT2D eigenvalue weighted by molar-refractivity contribution is 0.0703. The van der Waals surface area contributed by atoms with E-state index >= 15 is 0 Å². The number of nitrogen functional groups attached to an aromatic ring is 1. The van der Waals surface area contributed by atoms with Crippen molar-refractivity contribution in [1.82, 2.24) is 5.32 Å². The van der Waals surface area contributed by atoms with Gasteiger partial charge >= 0.3 is 0 Å². The van der Waals surface area contributed by atoms with Crippen molar-refractivity contribution in [3.05, 3.63) is 59.7 Å². The first kappa shape index (κ1) is 17.8. The summed E-state index contributed by atoms with van der Waals surface area (Å²) in [5.41, 5.74) is 7.17. The van der Waals surface area contributed by atoms with Gasteiger partial charge in [-0.3, -0.25) is 4.79 Å². The molecule has 0 bridgehead atoms. The third-order valence-corrected chi connectivity index (χ3v) is 3.60. The van der Waals surface area contributed by atoms with Crippen LogP contribution in [0.5, 0.6) is 5.75 Å². The van der Waals surface area contributed by atoms with Crippen LogP contribution in [0.2, 0.25) is 0 Å². The SMILES string of the molecule is CCOc1ccc(C(=O)NC(CO)C(O)c2ccc(N)cc2)cc1. The van der Waals surface area contributed by atoms with Gasteiger partial charge in [0.25, 0.3) is 5.91 Å². The Kier molecular flexibility index (Phi) is 6.17. The quantitative estimate of drug-likeness (QED) is 0.576. The third kappa shape index (κ3) is 4.47. The second kappa shape index (κ2) is 8.33. The first-order valence-electron chi connectivity index (χ1n) is 7.73. The molecule has 24 heavy (non-hydrogen) atoms. The van der Waals surface area contributed by atoms with Crippen LogP contribution in [-0.4, -0.2) is 35.4 Å². The third-order valence-electron chi connectivity index (χ3n) is 3.60. The molecule has 0 saturated heterocycles. The van der Waals surface area contributed by atoms with Crippen LogP contribution in [0.4, 0.5) is 5.69 Å². The summed E-state index contributed by atoms with van der Waals surface area (Å²) in [5.74, 6) is 0.293. The zero-order valence-corrected chi connectivity index (χ0v) is 13.5. The molecule has 0 aliphatic heterocycles. The Labute approximate surface area is 140 Å². The van der Waals surface area contributed by atoms with Crippen molar-refractivity contribution < 1.29 is 19.7 Å². The van der Waals surface area contributed by atoms with E-state index in [2.05, 4.69) is 5.32 Å². The smallest absolute Gasteiger partial charge is 0.251 e. The molecular formula is C18H22N2O4. The van der Waals surface area contributed by atoms with Crippen LogP contribution in [0, 0.1) is 0 Å². The van der Waals surface area contributed by atoms with Crippen molar-refractivity contribution in [2.45, 2.75) is 19.1 Å². The summed E-state index contributed by atoms with van der Waals surface area (Å²) in [7, 11) is 0. The minimum absolute atomic E-state index is 0.383. The van der Waals surface area contributed by atoms with E-state index in [1.165, 1.54) is 0 Å². The molecule has 128 valence electrons. The number of hydrogen-bond acceptors (Lipinski definition) is 5. The molecule has 2 aromatic rings. The number of ether oxygens (including phenoxy) is 1. The van der Waals surface area contributed by atoms with Crippen molar-refractivity contribution in [2.75, 3.05) is 18.9 Å². The van der Waals surface area contributed by atoms with Crippen molar-refractivity contribution in [1.29, 1.82) is 0 Å². The van der Waals surface area contributed by atoms with E-state index in [1.54, 1.807) is 48.5 Å². The number of carbonyl (C=O) groups excluding carboxylic acids is 1. The van der Waals surface area contributed by atoms with E-state index in [0.717, 1.165) is 0 Å². The second-order valence-corrected chi connectivity index (χ2v) is 5.33. The average molecular weight is 330 g/mol. The number of nitrogens with two attached hydrogens (primary N) is 1. The van der Waals surface area contributed by atoms with Crippen LogP contribution in [-0.2, 0) is 0 Å². The van der Waals surface area contributed by atoms with Crippen molar-refractivity contribution >= 4 is 11.6 Å². The predicted octanol–water partition coefficient (Wildman–Crippen LogP) is 1.49. The molecule has 0 spiro atoms. The number of nitrogens with one attached hydrogen (secondary N) is 1. The highest BCUT2D eigenvalue weighted by Gasteiger charge is 2.22. The van der Waals surface area contributed by atoms with Gasteiger partial charge in [-0.05, 0) is 48.9 Å². The maximum absolute atomic E-state index is 12.3. The normalized spacial score (nSPS) is 13.1. The van der Waals surface area contributed by atoms with Crippen LogP contribution in [0.25, 0.3) is 0 Å². The highest BCUT2D eigenvalue weighted by molar-refractivity contribution is 5.94. The van der Waals surface area contributed by atoms with Gasteiger partial charge in [0.05, 0.1) is 19.3 Å². The van der Waals surface area contributed by atoms with E-state index in [0.29, 0.717) is 29.2 Å². The van der Waals surface area contributed by atoms with Gasteiger partial charge in [-0.15, -0.1) is 0 Å². The number of rotatable bonds is 7. The topological polar surface area (TPSA) is 105 Å². The molecule has 0 heterocycles. The van der Waals surface area contributed by atoms with Crippen LogP contribution >= 0.6 is 0 Å². The molecule has 0 radical (unpaired) electrons. The highest BCUT2D eigenvalue weighted by Crippen LogP contribution is 2.19. The van der Waals surface area contributed by atoms with Crippen LogP contribution in [0.3, 0.4) is 0 Å². The van der Waals surface area contributed by atoms with E-state index in [9.17, 15) is 15.0 Å². The Morgan fingerprint density at radius 1 is 1.17 bits per heavy atom. The summed E-state index contributed by atoms with van der Waals surface area (Å²) >= 11 is 0. The number of anilines is 1. The van der Waals surface area contributed by atoms with Gasteiger partial charge in [0.1, 0.15) is 11.9 Å². The summed E-state index contributed by atoms with van der Waals surface area (Å²) in [4.78, 5) is 12.3. The number of aliphatic hydroxyl groups excluding tert-OH is 2. The number of benzene rings is 2. The molecule has 0 aromatic heterocycles. The maximum Gasteiger partial charge on any atom is 0.251 e. The molecule has 1 amide bonds. The summed E-state index contributed by atoms with van der Waals surface area (Å²) in [6.45, 7) is 2.03. The van der Waals surface area contributed by atoms with E-state index in [-0.39, 0.29) is 5.91 Å². The fraction of sp³-hybridized carbons (Fsp3) is 0.278. The molecule has 2 rings (SSSR count). The van der Waals surface area contributed by atoms with Crippen LogP contribution < -0.4 is 15.8 Å². The molecule has 0 saturated carbocycles. The molecule has 0 aliphatic carbocycles. The average Bonchev–Trinajstić information content (AvgIpc) is 2.60. The van der Waals surface area contributed by atoms with E-state index in [4.69, 9.17) is 10.5 Å². The standard InChI is InChI=1S/C18H22N2O4/c1-2-24-15-9-5-13(6-10-15)18(23)20-16(11-21)17(22)12-3-7-14(19)8-4-12/h3-10,16-17,21-22H,2,11,19H2,1H3,(H,20,23). The lowest BCUT2D eigenvalue weighted by Gasteiger charge is -2.22. The van der Waals surface area contributed by atoms with Crippen molar-refractivity contribution in [3.8, 4) is 5.75 Å². The van der Waals surface area contributed by atoms with Gasteiger partial charge in [-0.25, -0.2) is 0 Å². The minimum Gasteiger partial charge on any atom is -0.494 e. The number of hydrogen-bond donors (Lipinski definition) is 4. The fourth-order valence-corrected chi connectivity index (χ4v) is 2.27. The number of amides is 1. The Balaban J connectivity index is 2.05. The molecule has 0 aliphatic rings. The summed E-state index contributed by atoms with van der Waals surface area (Å²) in [5, 5.41) is 22.5. The summed E-state index contributed by atoms with van der Waals surface area (Å²) in [6.07, 6.45) is -1.04. The van der Waals surface area contributed by atoms with Gasteiger partial charge in [0, 0.05) is 11.3 Å². The Hall–Kier alpha value is -2.57. The molecule has 6 nitrogen and oxygen atoms in total. The van der Waals surface area contributed by atoms with Crippen LogP contribution in [0.15, 0.2) is 48.5 Å². The van der Waals surface area contributed by atoms with Gasteiger partial charge in [0.2, 0.25) is 0 Å². The molecule has 2 unspecified atom stereocenters. The molecule has 6 heteroatoms. The summed E-state index contributed by atoms with van der Waals surface area (Å²) in [6, 6.07) is 12.5. The Morgan fingerprint density at radius 3 is 2.33 bits per heavy atom. The van der Waals surface area contributed by atoms with Gasteiger partial charge in [0.15, 0.2) is 0 Å². The lowest BCUT2D eigenvalue weighted by atomic mass is 10.0. The monoisotopic (exact) mass is 330 g/mol. The van der Waals surface area contributed by atoms with Gasteiger partial charge in [-0.2, -0.15) is 0 Å². The fourth-order valence-electron chi connectivity index (χ4n) is 2.27. The molecule has 0 fully saturated rings. The van der Waals surface area contributed by atoms with Gasteiger partial charge in [-0.1, -0.05) is 12.1 Å². The molecule has 5 N–H and O–H groups in total. The van der Waals surface area contributed by atoms with Crippen molar-refractivity contribution in [3.63, 3.8) is 0 Å².